The summed E-state index contributed by atoms with van der Waals surface area (Å²) >= 11 is 0. The molecule has 0 bridgehead atoms. The molecule has 0 amide bonds. The molecule has 2 aliphatic heterocycles. The van der Waals surface area contributed by atoms with Gasteiger partial charge in [-0.05, 0) is 12.1 Å². The maximum absolute atomic E-state index is 13.9. The number of nitrogens with zero attached hydrogens (tertiary/aromatic N) is 8. The molecule has 4 rings (SSSR count). The maximum atomic E-state index is 13.9. The number of anilines is 3. The Balaban J connectivity index is 1.32. The quantitative estimate of drug-likeness (QED) is 0.751. The zero-order chi connectivity index (χ0) is 19.3. The lowest BCUT2D eigenvalue weighted by atomic mass is 10.3. The molecule has 0 saturated carbocycles. The predicted octanol–water partition coefficient (Wildman–Crippen LogP) is -0.153. The Hall–Kier alpha value is -2.59. The van der Waals surface area contributed by atoms with Crippen LogP contribution in [0.3, 0.4) is 0 Å². The third-order valence-corrected chi connectivity index (χ3v) is 5.30. The van der Waals surface area contributed by atoms with Gasteiger partial charge in [-0.25, -0.2) is 14.4 Å². The summed E-state index contributed by atoms with van der Waals surface area (Å²) in [6.45, 7) is 7.35. The van der Waals surface area contributed by atoms with Crippen molar-refractivity contribution in [2.45, 2.75) is 0 Å². The lowest BCUT2D eigenvalue weighted by Gasteiger charge is -2.36. The topological polar surface area (TPSA) is 84.8 Å². The standard InChI is InChI=1S/C18H25FN8O/c19-15-13-20-14-21-18(15)27-9-7-26(8-10-27)17-2-1-16(22-23-17)25-5-3-24(4-6-25)11-12-28/h1-2,13-14,28H,3-12H2. The van der Waals surface area contributed by atoms with Crippen LogP contribution in [0.15, 0.2) is 24.7 Å². The van der Waals surface area contributed by atoms with Gasteiger partial charge < -0.3 is 19.8 Å². The molecule has 1 N–H and O–H groups in total. The van der Waals surface area contributed by atoms with E-state index in [1.165, 1.54) is 12.5 Å². The molecule has 0 atom stereocenters. The first-order valence-corrected chi connectivity index (χ1v) is 9.62. The van der Waals surface area contributed by atoms with Crippen molar-refractivity contribution in [3.05, 3.63) is 30.5 Å². The fraction of sp³-hybridized carbons (Fsp3) is 0.556. The van der Waals surface area contributed by atoms with Gasteiger partial charge in [0, 0.05) is 58.9 Å². The Morgan fingerprint density at radius 1 is 0.857 bits per heavy atom. The van der Waals surface area contributed by atoms with E-state index >= 15 is 0 Å². The number of halogens is 1. The second-order valence-electron chi connectivity index (χ2n) is 6.97. The van der Waals surface area contributed by atoms with Crippen LogP contribution in [0.1, 0.15) is 0 Å². The van der Waals surface area contributed by atoms with Gasteiger partial charge in [-0.2, -0.15) is 0 Å². The molecule has 2 aliphatic rings. The summed E-state index contributed by atoms with van der Waals surface area (Å²) in [7, 11) is 0. The van der Waals surface area contributed by atoms with Crippen LogP contribution in [0.4, 0.5) is 21.8 Å². The molecular weight excluding hydrogens is 363 g/mol. The molecule has 0 spiro atoms. The zero-order valence-electron chi connectivity index (χ0n) is 15.8. The van der Waals surface area contributed by atoms with Crippen molar-refractivity contribution >= 4 is 17.5 Å². The molecule has 0 unspecified atom stereocenters. The fourth-order valence-electron chi connectivity index (χ4n) is 3.68. The number of aliphatic hydroxyl groups is 1. The Bertz CT molecular complexity index is 760. The maximum Gasteiger partial charge on any atom is 0.183 e. The summed E-state index contributed by atoms with van der Waals surface area (Å²) in [4.78, 5) is 16.3. The molecule has 9 nitrogen and oxygen atoms in total. The average Bonchev–Trinajstić information content (AvgIpc) is 2.75. The van der Waals surface area contributed by atoms with E-state index in [9.17, 15) is 4.39 Å². The van der Waals surface area contributed by atoms with Crippen LogP contribution in [0.25, 0.3) is 0 Å². The predicted molar refractivity (Wildman–Crippen MR) is 104 cm³/mol. The third kappa shape index (κ3) is 4.12. The monoisotopic (exact) mass is 388 g/mol. The molecule has 4 heterocycles. The van der Waals surface area contributed by atoms with E-state index < -0.39 is 0 Å². The summed E-state index contributed by atoms with van der Waals surface area (Å²) in [5.41, 5.74) is 0. The van der Waals surface area contributed by atoms with Crippen LogP contribution in [-0.4, -0.2) is 95.7 Å². The Kier molecular flexibility index (Phi) is 5.77. The summed E-state index contributed by atoms with van der Waals surface area (Å²) in [6.07, 6.45) is 2.57. The van der Waals surface area contributed by atoms with E-state index in [4.69, 9.17) is 5.11 Å². The third-order valence-electron chi connectivity index (χ3n) is 5.30. The van der Waals surface area contributed by atoms with Crippen LogP contribution in [0, 0.1) is 5.82 Å². The molecule has 28 heavy (non-hydrogen) atoms. The molecule has 150 valence electrons. The van der Waals surface area contributed by atoms with Gasteiger partial charge in [0.25, 0.3) is 0 Å². The van der Waals surface area contributed by atoms with Crippen LogP contribution in [-0.2, 0) is 0 Å². The molecule has 2 aromatic heterocycles. The van der Waals surface area contributed by atoms with Crippen molar-refractivity contribution in [3.8, 4) is 0 Å². The van der Waals surface area contributed by atoms with Crippen molar-refractivity contribution in [2.75, 3.05) is 80.2 Å². The number of aromatic nitrogens is 4. The van der Waals surface area contributed by atoms with E-state index in [1.54, 1.807) is 0 Å². The number of piperazine rings is 2. The molecule has 10 heteroatoms. The first kappa shape index (κ1) is 18.8. The summed E-state index contributed by atoms with van der Waals surface area (Å²) < 4.78 is 13.9. The van der Waals surface area contributed by atoms with E-state index in [1.807, 2.05) is 17.0 Å². The molecule has 0 aromatic carbocycles. The van der Waals surface area contributed by atoms with E-state index in [-0.39, 0.29) is 12.4 Å². The number of hydrogen-bond acceptors (Lipinski definition) is 9. The first-order chi connectivity index (χ1) is 13.7. The molecule has 2 fully saturated rings. The number of hydrogen-bond donors (Lipinski definition) is 1. The van der Waals surface area contributed by atoms with Gasteiger partial charge in [-0.1, -0.05) is 0 Å². The molecule has 0 aliphatic carbocycles. The summed E-state index contributed by atoms with van der Waals surface area (Å²) in [6, 6.07) is 4.02. The van der Waals surface area contributed by atoms with Gasteiger partial charge >= 0.3 is 0 Å². The highest BCUT2D eigenvalue weighted by molar-refractivity contribution is 5.48. The second kappa shape index (κ2) is 8.61. The number of β-amino-alcohol motifs (C(OH)–C–C–N with tert-alkyl or cyclic N) is 1. The SMILES string of the molecule is OCCN1CCN(c2ccc(N3CCN(c4ncncc4F)CC3)nn2)CC1. The van der Waals surface area contributed by atoms with Crippen molar-refractivity contribution in [1.82, 2.24) is 25.1 Å². The van der Waals surface area contributed by atoms with Crippen LogP contribution in [0.5, 0.6) is 0 Å². The van der Waals surface area contributed by atoms with Crippen molar-refractivity contribution in [2.24, 2.45) is 0 Å². The van der Waals surface area contributed by atoms with E-state index in [2.05, 4.69) is 34.9 Å². The normalized spacial score (nSPS) is 18.6. The van der Waals surface area contributed by atoms with Gasteiger partial charge in [0.05, 0.1) is 12.8 Å². The molecule has 2 aromatic rings. The van der Waals surface area contributed by atoms with Crippen LogP contribution in [0.2, 0.25) is 0 Å². The zero-order valence-corrected chi connectivity index (χ0v) is 15.8. The highest BCUT2D eigenvalue weighted by Crippen LogP contribution is 2.20. The van der Waals surface area contributed by atoms with Crippen molar-refractivity contribution in [1.29, 1.82) is 0 Å². The Labute approximate surface area is 163 Å². The van der Waals surface area contributed by atoms with Gasteiger partial charge in [0.2, 0.25) is 0 Å². The lowest BCUT2D eigenvalue weighted by molar-refractivity contribution is 0.188. The average molecular weight is 388 g/mol. The molecule has 2 saturated heterocycles. The summed E-state index contributed by atoms with van der Waals surface area (Å²) in [5, 5.41) is 17.9. The van der Waals surface area contributed by atoms with E-state index in [0.717, 1.165) is 57.4 Å². The first-order valence-electron chi connectivity index (χ1n) is 9.62. The van der Waals surface area contributed by atoms with Gasteiger partial charge in [0.15, 0.2) is 23.3 Å². The largest absolute Gasteiger partial charge is 0.395 e. The highest BCUT2D eigenvalue weighted by atomic mass is 19.1. The smallest absolute Gasteiger partial charge is 0.183 e. The minimum Gasteiger partial charge on any atom is -0.395 e. The Morgan fingerprint density at radius 2 is 1.43 bits per heavy atom. The van der Waals surface area contributed by atoms with Crippen LogP contribution >= 0.6 is 0 Å². The lowest BCUT2D eigenvalue weighted by Crippen LogP contribution is -2.48. The second-order valence-corrected chi connectivity index (χ2v) is 6.97. The van der Waals surface area contributed by atoms with Crippen molar-refractivity contribution < 1.29 is 9.50 Å². The number of rotatable bonds is 5. The minimum atomic E-state index is -0.390. The summed E-state index contributed by atoms with van der Waals surface area (Å²) in [5.74, 6) is 1.69. The van der Waals surface area contributed by atoms with Crippen molar-refractivity contribution in [3.63, 3.8) is 0 Å². The van der Waals surface area contributed by atoms with Gasteiger partial charge in [-0.15, -0.1) is 10.2 Å². The Morgan fingerprint density at radius 3 is 1.96 bits per heavy atom. The van der Waals surface area contributed by atoms with Crippen LogP contribution < -0.4 is 14.7 Å². The minimum absolute atomic E-state index is 0.200. The highest BCUT2D eigenvalue weighted by Gasteiger charge is 2.22. The van der Waals surface area contributed by atoms with Gasteiger partial charge in [-0.3, -0.25) is 4.90 Å². The molecular formula is C18H25FN8O. The molecule has 0 radical (unpaired) electrons. The van der Waals surface area contributed by atoms with E-state index in [0.29, 0.717) is 18.9 Å². The number of aliphatic hydroxyl groups excluding tert-OH is 1. The van der Waals surface area contributed by atoms with Gasteiger partial charge in [0.1, 0.15) is 6.33 Å². The fourth-order valence-corrected chi connectivity index (χ4v) is 3.68.